The number of nitrogens with one attached hydrogen (secondary N) is 2. The van der Waals surface area contributed by atoms with E-state index in [9.17, 15) is 18.0 Å². The second kappa shape index (κ2) is 5.83. The maximum absolute atomic E-state index is 12.4. The summed E-state index contributed by atoms with van der Waals surface area (Å²) in [6, 6.07) is 3.92. The van der Waals surface area contributed by atoms with Crippen LogP contribution in [0.15, 0.2) is 24.3 Å². The number of hydrogen-bond acceptors (Lipinski definition) is 2. The Morgan fingerprint density at radius 3 is 2.00 bits per heavy atom. The van der Waals surface area contributed by atoms with Gasteiger partial charge in [0.1, 0.15) is 0 Å². The van der Waals surface area contributed by atoms with Gasteiger partial charge in [0.25, 0.3) is 0 Å². The molecule has 1 aromatic carbocycles. The van der Waals surface area contributed by atoms with E-state index in [4.69, 9.17) is 0 Å². The maximum Gasteiger partial charge on any atom is 0.416 e. The van der Waals surface area contributed by atoms with Gasteiger partial charge in [0.15, 0.2) is 0 Å². The lowest BCUT2D eigenvalue weighted by atomic mass is 10.1. The van der Waals surface area contributed by atoms with Gasteiger partial charge in [0.05, 0.1) is 11.6 Å². The third-order valence-electron chi connectivity index (χ3n) is 2.52. The minimum Gasteiger partial charge on any atom is -0.325 e. The summed E-state index contributed by atoms with van der Waals surface area (Å²) in [5.74, 6) is -0.292. The summed E-state index contributed by atoms with van der Waals surface area (Å²) in [5, 5.41) is 5.66. The molecule has 3 nitrogen and oxygen atoms in total. The largest absolute Gasteiger partial charge is 0.416 e. The van der Waals surface area contributed by atoms with Crippen LogP contribution in [-0.2, 0) is 11.0 Å². The van der Waals surface area contributed by atoms with Crippen LogP contribution >= 0.6 is 0 Å². The van der Waals surface area contributed by atoms with Gasteiger partial charge < -0.3 is 10.6 Å². The highest BCUT2D eigenvalue weighted by Gasteiger charge is 2.30. The number of carbonyl (C=O) groups is 1. The zero-order valence-corrected chi connectivity index (χ0v) is 11.9. The van der Waals surface area contributed by atoms with Crippen molar-refractivity contribution in [1.82, 2.24) is 5.32 Å². The Balaban J connectivity index is 2.67. The van der Waals surface area contributed by atoms with Gasteiger partial charge in [-0.1, -0.05) is 0 Å². The van der Waals surface area contributed by atoms with Gasteiger partial charge in [0, 0.05) is 11.2 Å². The fourth-order valence-electron chi connectivity index (χ4n) is 1.71. The van der Waals surface area contributed by atoms with Crippen LogP contribution in [-0.4, -0.2) is 17.5 Å². The molecule has 0 heterocycles. The molecule has 1 unspecified atom stereocenters. The predicted octanol–water partition coefficient (Wildman–Crippen LogP) is 3.42. The van der Waals surface area contributed by atoms with Crippen LogP contribution < -0.4 is 10.6 Å². The molecule has 112 valence electrons. The van der Waals surface area contributed by atoms with Crippen molar-refractivity contribution < 1.29 is 18.0 Å². The topological polar surface area (TPSA) is 41.1 Å². The van der Waals surface area contributed by atoms with E-state index in [1.165, 1.54) is 12.1 Å². The molecule has 0 saturated heterocycles. The molecule has 0 aliphatic heterocycles. The first-order valence-electron chi connectivity index (χ1n) is 6.25. The summed E-state index contributed by atoms with van der Waals surface area (Å²) in [6.07, 6.45) is -4.37. The van der Waals surface area contributed by atoms with E-state index < -0.39 is 17.8 Å². The first kappa shape index (κ1) is 16.5. The lowest BCUT2D eigenvalue weighted by molar-refractivity contribution is -0.137. The highest BCUT2D eigenvalue weighted by Crippen LogP contribution is 2.29. The van der Waals surface area contributed by atoms with Gasteiger partial charge in [0.2, 0.25) is 5.91 Å². The fraction of sp³-hybridized carbons (Fsp3) is 0.500. The van der Waals surface area contributed by atoms with Crippen LogP contribution in [0.4, 0.5) is 18.9 Å². The van der Waals surface area contributed by atoms with Crippen LogP contribution in [0, 0.1) is 0 Å². The Bertz CT molecular complexity index is 461. The molecule has 0 spiro atoms. The van der Waals surface area contributed by atoms with Crippen molar-refractivity contribution in [2.75, 3.05) is 5.32 Å². The minimum atomic E-state index is -4.37. The number of benzene rings is 1. The van der Waals surface area contributed by atoms with E-state index in [1.807, 2.05) is 20.8 Å². The summed E-state index contributed by atoms with van der Waals surface area (Å²) in [5.41, 5.74) is -0.626. The van der Waals surface area contributed by atoms with Crippen molar-refractivity contribution in [3.8, 4) is 0 Å². The molecule has 0 fully saturated rings. The Morgan fingerprint density at radius 2 is 1.60 bits per heavy atom. The van der Waals surface area contributed by atoms with E-state index in [0.717, 1.165) is 12.1 Å². The van der Waals surface area contributed by atoms with Crippen molar-refractivity contribution in [2.24, 2.45) is 0 Å². The number of alkyl halides is 3. The van der Waals surface area contributed by atoms with Crippen LogP contribution in [0.25, 0.3) is 0 Å². The van der Waals surface area contributed by atoms with Gasteiger partial charge in [-0.3, -0.25) is 4.79 Å². The Kier molecular flexibility index (Phi) is 4.81. The monoisotopic (exact) mass is 288 g/mol. The second-order valence-corrected chi connectivity index (χ2v) is 5.68. The van der Waals surface area contributed by atoms with Gasteiger partial charge >= 0.3 is 6.18 Å². The zero-order chi connectivity index (χ0) is 15.6. The van der Waals surface area contributed by atoms with Crippen molar-refractivity contribution in [1.29, 1.82) is 0 Å². The quantitative estimate of drug-likeness (QED) is 0.894. The smallest absolute Gasteiger partial charge is 0.325 e. The summed E-state index contributed by atoms with van der Waals surface area (Å²) < 4.78 is 37.2. The lowest BCUT2D eigenvalue weighted by Crippen LogP contribution is -2.47. The minimum absolute atomic E-state index is 0.225. The third kappa shape index (κ3) is 5.21. The molecule has 0 bridgehead atoms. The molecule has 1 aromatic rings. The summed E-state index contributed by atoms with van der Waals surface area (Å²) >= 11 is 0. The standard InChI is InChI=1S/C14H19F3N2O/c1-9(19-13(2,3)4)12(20)18-11-7-5-10(6-8-11)14(15,16)17/h5-9,19H,1-4H3,(H,18,20). The molecule has 0 aliphatic rings. The van der Waals surface area contributed by atoms with Crippen molar-refractivity contribution in [3.63, 3.8) is 0 Å². The maximum atomic E-state index is 12.4. The molecular weight excluding hydrogens is 269 g/mol. The number of hydrogen-bond donors (Lipinski definition) is 2. The number of anilines is 1. The normalized spacial score (nSPS) is 13.9. The molecule has 1 atom stereocenters. The highest BCUT2D eigenvalue weighted by atomic mass is 19.4. The molecule has 2 N–H and O–H groups in total. The molecule has 1 amide bonds. The van der Waals surface area contributed by atoms with Crippen LogP contribution in [0.5, 0.6) is 0 Å². The molecule has 0 saturated carbocycles. The predicted molar refractivity (Wildman–Crippen MR) is 72.4 cm³/mol. The average molecular weight is 288 g/mol. The van der Waals surface area contributed by atoms with Crippen LogP contribution in [0.1, 0.15) is 33.3 Å². The van der Waals surface area contributed by atoms with Crippen LogP contribution in [0.3, 0.4) is 0 Å². The Hall–Kier alpha value is -1.56. The lowest BCUT2D eigenvalue weighted by Gasteiger charge is -2.25. The summed E-state index contributed by atoms with van der Waals surface area (Å²) in [7, 11) is 0. The molecule has 6 heteroatoms. The van der Waals surface area contributed by atoms with Gasteiger partial charge in [-0.05, 0) is 52.0 Å². The van der Waals surface area contributed by atoms with Gasteiger partial charge in [-0.2, -0.15) is 13.2 Å². The molecular formula is C14H19F3N2O. The SMILES string of the molecule is CC(NC(C)(C)C)C(=O)Nc1ccc(C(F)(F)F)cc1. The average Bonchev–Trinajstić information content (AvgIpc) is 2.26. The zero-order valence-electron chi connectivity index (χ0n) is 11.9. The van der Waals surface area contributed by atoms with Crippen molar-refractivity contribution in [3.05, 3.63) is 29.8 Å². The van der Waals surface area contributed by atoms with E-state index in [0.29, 0.717) is 5.69 Å². The number of amides is 1. The number of rotatable bonds is 3. The molecule has 1 rings (SSSR count). The van der Waals surface area contributed by atoms with E-state index >= 15 is 0 Å². The number of carbonyl (C=O) groups excluding carboxylic acids is 1. The van der Waals surface area contributed by atoms with Crippen molar-refractivity contribution >= 4 is 11.6 Å². The van der Waals surface area contributed by atoms with E-state index in [1.54, 1.807) is 6.92 Å². The van der Waals surface area contributed by atoms with Gasteiger partial charge in [-0.15, -0.1) is 0 Å². The molecule has 0 aliphatic carbocycles. The first-order valence-corrected chi connectivity index (χ1v) is 6.25. The second-order valence-electron chi connectivity index (χ2n) is 5.68. The highest BCUT2D eigenvalue weighted by molar-refractivity contribution is 5.94. The Morgan fingerprint density at radius 1 is 1.10 bits per heavy atom. The summed E-state index contributed by atoms with van der Waals surface area (Å²) in [4.78, 5) is 11.9. The number of halogens is 3. The fourth-order valence-corrected chi connectivity index (χ4v) is 1.71. The first-order chi connectivity index (χ1) is 8.99. The van der Waals surface area contributed by atoms with Crippen molar-refractivity contribution in [2.45, 2.75) is 45.5 Å². The third-order valence-corrected chi connectivity index (χ3v) is 2.52. The van der Waals surface area contributed by atoms with Crippen LogP contribution in [0.2, 0.25) is 0 Å². The van der Waals surface area contributed by atoms with Gasteiger partial charge in [-0.25, -0.2) is 0 Å². The van der Waals surface area contributed by atoms with E-state index in [2.05, 4.69) is 10.6 Å². The molecule has 0 radical (unpaired) electrons. The molecule has 0 aromatic heterocycles. The van der Waals surface area contributed by atoms with E-state index in [-0.39, 0.29) is 11.4 Å². The molecule has 20 heavy (non-hydrogen) atoms. The summed E-state index contributed by atoms with van der Waals surface area (Å²) in [6.45, 7) is 7.48. The Labute approximate surface area is 116 Å².